The minimum Gasteiger partial charge on any atom is -0.317 e. The molecule has 0 spiro atoms. The van der Waals surface area contributed by atoms with Crippen LogP contribution in [0.3, 0.4) is 0 Å². The lowest BCUT2D eigenvalue weighted by atomic mass is 9.99. The molecule has 0 aromatic carbocycles. The SMILES string of the molecule is CCNCCC(C)Cc1ccncc1. The van der Waals surface area contributed by atoms with Crippen LogP contribution in [0.15, 0.2) is 24.5 Å². The van der Waals surface area contributed by atoms with Gasteiger partial charge in [-0.3, -0.25) is 4.98 Å². The van der Waals surface area contributed by atoms with Gasteiger partial charge in [0.2, 0.25) is 0 Å². The first-order valence-electron chi connectivity index (χ1n) is 5.42. The maximum absolute atomic E-state index is 4.02. The lowest BCUT2D eigenvalue weighted by Gasteiger charge is -2.11. The molecule has 2 heteroatoms. The largest absolute Gasteiger partial charge is 0.317 e. The number of pyridine rings is 1. The van der Waals surface area contributed by atoms with E-state index in [-0.39, 0.29) is 0 Å². The summed E-state index contributed by atoms with van der Waals surface area (Å²) in [6.45, 7) is 6.65. The standard InChI is InChI=1S/C12H20N2/c1-3-13-7-4-11(2)10-12-5-8-14-9-6-12/h5-6,8-9,11,13H,3-4,7,10H2,1-2H3. The Morgan fingerprint density at radius 3 is 2.71 bits per heavy atom. The van der Waals surface area contributed by atoms with Crippen molar-refractivity contribution >= 4 is 0 Å². The molecule has 0 radical (unpaired) electrons. The van der Waals surface area contributed by atoms with E-state index in [4.69, 9.17) is 0 Å². The Morgan fingerprint density at radius 2 is 2.07 bits per heavy atom. The second-order valence-corrected chi connectivity index (χ2v) is 3.81. The van der Waals surface area contributed by atoms with Crippen LogP contribution in [0.1, 0.15) is 25.8 Å². The van der Waals surface area contributed by atoms with Crippen molar-refractivity contribution in [2.45, 2.75) is 26.7 Å². The summed E-state index contributed by atoms with van der Waals surface area (Å²) in [5.74, 6) is 0.747. The second kappa shape index (κ2) is 6.55. The zero-order valence-electron chi connectivity index (χ0n) is 9.16. The van der Waals surface area contributed by atoms with E-state index in [0.717, 1.165) is 25.4 Å². The van der Waals surface area contributed by atoms with Crippen LogP contribution in [0.2, 0.25) is 0 Å². The van der Waals surface area contributed by atoms with E-state index in [1.807, 2.05) is 12.4 Å². The molecule has 0 aliphatic heterocycles. The molecular weight excluding hydrogens is 172 g/mol. The van der Waals surface area contributed by atoms with Gasteiger partial charge in [-0.15, -0.1) is 0 Å². The molecule has 0 saturated heterocycles. The quantitative estimate of drug-likeness (QED) is 0.699. The summed E-state index contributed by atoms with van der Waals surface area (Å²) in [6.07, 6.45) is 6.14. The van der Waals surface area contributed by atoms with Gasteiger partial charge in [0.1, 0.15) is 0 Å². The summed E-state index contributed by atoms with van der Waals surface area (Å²) in [6, 6.07) is 4.20. The summed E-state index contributed by atoms with van der Waals surface area (Å²) >= 11 is 0. The van der Waals surface area contributed by atoms with Crippen LogP contribution >= 0.6 is 0 Å². The maximum atomic E-state index is 4.02. The summed E-state index contributed by atoms with van der Waals surface area (Å²) in [7, 11) is 0. The molecule has 1 heterocycles. The lowest BCUT2D eigenvalue weighted by Crippen LogP contribution is -2.17. The highest BCUT2D eigenvalue weighted by atomic mass is 14.8. The molecule has 14 heavy (non-hydrogen) atoms. The number of rotatable bonds is 6. The van der Waals surface area contributed by atoms with Crippen molar-refractivity contribution in [1.82, 2.24) is 10.3 Å². The predicted molar refractivity (Wildman–Crippen MR) is 60.3 cm³/mol. The van der Waals surface area contributed by atoms with E-state index in [2.05, 4.69) is 36.3 Å². The topological polar surface area (TPSA) is 24.9 Å². The molecule has 1 atom stereocenters. The zero-order chi connectivity index (χ0) is 10.2. The van der Waals surface area contributed by atoms with Gasteiger partial charge in [-0.1, -0.05) is 13.8 Å². The van der Waals surface area contributed by atoms with Gasteiger partial charge in [-0.2, -0.15) is 0 Å². The van der Waals surface area contributed by atoms with Crippen LogP contribution in [-0.2, 0) is 6.42 Å². The van der Waals surface area contributed by atoms with Crippen LogP contribution in [0, 0.1) is 5.92 Å². The Bertz CT molecular complexity index is 233. The molecule has 0 amide bonds. The summed E-state index contributed by atoms with van der Waals surface area (Å²) in [5.41, 5.74) is 1.39. The lowest BCUT2D eigenvalue weighted by molar-refractivity contribution is 0.504. The minimum absolute atomic E-state index is 0.747. The Labute approximate surface area is 86.8 Å². The number of nitrogens with zero attached hydrogens (tertiary/aromatic N) is 1. The van der Waals surface area contributed by atoms with Crippen molar-refractivity contribution in [1.29, 1.82) is 0 Å². The molecule has 0 bridgehead atoms. The molecule has 0 fully saturated rings. The van der Waals surface area contributed by atoms with E-state index in [9.17, 15) is 0 Å². The fourth-order valence-corrected chi connectivity index (χ4v) is 1.55. The molecule has 1 aromatic heterocycles. The van der Waals surface area contributed by atoms with Crippen LogP contribution in [-0.4, -0.2) is 18.1 Å². The number of nitrogens with one attached hydrogen (secondary N) is 1. The molecule has 1 aromatic rings. The fourth-order valence-electron chi connectivity index (χ4n) is 1.55. The molecule has 0 saturated carbocycles. The number of hydrogen-bond acceptors (Lipinski definition) is 2. The van der Waals surface area contributed by atoms with Crippen molar-refractivity contribution in [3.63, 3.8) is 0 Å². The molecular formula is C12H20N2. The minimum atomic E-state index is 0.747. The molecule has 1 N–H and O–H groups in total. The van der Waals surface area contributed by atoms with E-state index in [1.165, 1.54) is 12.0 Å². The van der Waals surface area contributed by atoms with Crippen LogP contribution < -0.4 is 5.32 Å². The van der Waals surface area contributed by atoms with Gasteiger partial charge < -0.3 is 5.32 Å². The van der Waals surface area contributed by atoms with Crippen LogP contribution in [0.5, 0.6) is 0 Å². The highest BCUT2D eigenvalue weighted by molar-refractivity contribution is 5.10. The van der Waals surface area contributed by atoms with E-state index in [1.54, 1.807) is 0 Å². The third-order valence-corrected chi connectivity index (χ3v) is 2.40. The average Bonchev–Trinajstić information content (AvgIpc) is 2.20. The average molecular weight is 192 g/mol. The van der Waals surface area contributed by atoms with Crippen molar-refractivity contribution in [3.05, 3.63) is 30.1 Å². The van der Waals surface area contributed by atoms with E-state index in [0.29, 0.717) is 0 Å². The molecule has 0 aliphatic carbocycles. The second-order valence-electron chi connectivity index (χ2n) is 3.81. The first-order chi connectivity index (χ1) is 6.83. The summed E-state index contributed by atoms with van der Waals surface area (Å²) in [5, 5.41) is 3.35. The Morgan fingerprint density at radius 1 is 1.36 bits per heavy atom. The Hall–Kier alpha value is -0.890. The first-order valence-corrected chi connectivity index (χ1v) is 5.42. The highest BCUT2D eigenvalue weighted by Gasteiger charge is 2.02. The molecule has 1 unspecified atom stereocenters. The van der Waals surface area contributed by atoms with Gasteiger partial charge >= 0.3 is 0 Å². The first kappa shape index (κ1) is 11.2. The van der Waals surface area contributed by atoms with Gasteiger partial charge in [0, 0.05) is 12.4 Å². The van der Waals surface area contributed by atoms with Crippen LogP contribution in [0.4, 0.5) is 0 Å². The molecule has 2 nitrogen and oxygen atoms in total. The molecule has 78 valence electrons. The Balaban J connectivity index is 2.23. The third kappa shape index (κ3) is 4.38. The van der Waals surface area contributed by atoms with E-state index >= 15 is 0 Å². The highest BCUT2D eigenvalue weighted by Crippen LogP contribution is 2.09. The number of hydrogen-bond donors (Lipinski definition) is 1. The van der Waals surface area contributed by atoms with Crippen LogP contribution in [0.25, 0.3) is 0 Å². The van der Waals surface area contributed by atoms with Crippen molar-refractivity contribution < 1.29 is 0 Å². The van der Waals surface area contributed by atoms with Gasteiger partial charge in [-0.05, 0) is 49.5 Å². The Kier molecular flexibility index (Phi) is 5.23. The van der Waals surface area contributed by atoms with Gasteiger partial charge in [0.05, 0.1) is 0 Å². The van der Waals surface area contributed by atoms with Gasteiger partial charge in [0.25, 0.3) is 0 Å². The fraction of sp³-hybridized carbons (Fsp3) is 0.583. The smallest absolute Gasteiger partial charge is 0.0270 e. The molecule has 0 aliphatic rings. The number of aromatic nitrogens is 1. The predicted octanol–water partition coefficient (Wildman–Crippen LogP) is 2.26. The summed E-state index contributed by atoms with van der Waals surface area (Å²) < 4.78 is 0. The van der Waals surface area contributed by atoms with Crippen molar-refractivity contribution in [2.24, 2.45) is 5.92 Å². The monoisotopic (exact) mass is 192 g/mol. The summed E-state index contributed by atoms with van der Waals surface area (Å²) in [4.78, 5) is 4.02. The third-order valence-electron chi connectivity index (χ3n) is 2.40. The van der Waals surface area contributed by atoms with Crippen molar-refractivity contribution in [2.75, 3.05) is 13.1 Å². The maximum Gasteiger partial charge on any atom is 0.0270 e. The normalized spacial score (nSPS) is 12.7. The molecule has 1 rings (SSSR count). The zero-order valence-corrected chi connectivity index (χ0v) is 9.16. The van der Waals surface area contributed by atoms with E-state index < -0.39 is 0 Å². The van der Waals surface area contributed by atoms with Gasteiger partial charge in [0.15, 0.2) is 0 Å². The van der Waals surface area contributed by atoms with Crippen molar-refractivity contribution in [3.8, 4) is 0 Å². The van der Waals surface area contributed by atoms with Gasteiger partial charge in [-0.25, -0.2) is 0 Å².